The van der Waals surface area contributed by atoms with Gasteiger partial charge in [-0.2, -0.15) is 0 Å². The highest BCUT2D eigenvalue weighted by Gasteiger charge is 2.57. The van der Waals surface area contributed by atoms with E-state index in [0.717, 1.165) is 12.8 Å². The molecule has 2 rings (SSSR count). The van der Waals surface area contributed by atoms with Gasteiger partial charge in [0.1, 0.15) is 5.41 Å². The summed E-state index contributed by atoms with van der Waals surface area (Å²) in [7, 11) is 0. The minimum atomic E-state index is -1.55. The van der Waals surface area contributed by atoms with Crippen molar-refractivity contribution in [3.05, 3.63) is 12.2 Å². The first kappa shape index (κ1) is 19.2. The van der Waals surface area contributed by atoms with E-state index in [-0.39, 0.29) is 18.6 Å². The molecule has 0 saturated heterocycles. The van der Waals surface area contributed by atoms with Crippen LogP contribution in [-0.2, 0) is 23.9 Å². The Bertz CT molecular complexity index is 485. The number of rotatable bonds is 5. The van der Waals surface area contributed by atoms with Crippen molar-refractivity contribution in [3.8, 4) is 0 Å². The smallest absolute Gasteiger partial charge is 0.417 e. The normalized spacial score (nSPS) is 28.7. The molecule has 0 heterocycles. The Morgan fingerprint density at radius 2 is 1.87 bits per heavy atom. The van der Waals surface area contributed by atoms with Gasteiger partial charge in [-0.3, -0.25) is 4.79 Å². The summed E-state index contributed by atoms with van der Waals surface area (Å²) in [6.45, 7) is 6.03. The number of aliphatic carboxylic acids is 2. The molecule has 7 nitrogen and oxygen atoms in total. The molecular formula is C16H24O7. The second kappa shape index (κ2) is 8.10. The van der Waals surface area contributed by atoms with Crippen LogP contribution in [0.4, 0.5) is 0 Å². The van der Waals surface area contributed by atoms with E-state index in [1.165, 1.54) is 0 Å². The van der Waals surface area contributed by atoms with Crippen LogP contribution in [0.1, 0.15) is 33.6 Å². The fraction of sp³-hybridized carbons (Fsp3) is 0.688. The quantitative estimate of drug-likeness (QED) is 0.449. The summed E-state index contributed by atoms with van der Waals surface area (Å²) in [5.41, 5.74) is -0.671. The van der Waals surface area contributed by atoms with E-state index >= 15 is 0 Å². The first-order valence-electron chi connectivity index (χ1n) is 7.72. The van der Waals surface area contributed by atoms with Gasteiger partial charge >= 0.3 is 17.9 Å². The predicted molar refractivity (Wildman–Crippen MR) is 80.8 cm³/mol. The molecular weight excluding hydrogens is 304 g/mol. The third-order valence-corrected chi connectivity index (χ3v) is 4.42. The summed E-state index contributed by atoms with van der Waals surface area (Å²) in [5, 5.41) is 17.3. The number of carbonyl (C=O) groups is 3. The summed E-state index contributed by atoms with van der Waals surface area (Å²) in [6.07, 6.45) is 5.76. The highest BCUT2D eigenvalue weighted by Crippen LogP contribution is 2.54. The van der Waals surface area contributed by atoms with Gasteiger partial charge in [0.05, 0.1) is 12.7 Å². The van der Waals surface area contributed by atoms with E-state index in [4.69, 9.17) is 9.84 Å². The minimum absolute atomic E-state index is 0.102. The molecule has 2 aliphatic carbocycles. The molecule has 0 spiro atoms. The van der Waals surface area contributed by atoms with Crippen molar-refractivity contribution in [2.45, 2.75) is 39.7 Å². The molecule has 2 aliphatic rings. The van der Waals surface area contributed by atoms with Crippen molar-refractivity contribution in [1.82, 2.24) is 0 Å². The standard InChI is InChI=1S/C12H18O3.C4H6O4/c1-3-15-8(2)12(11(13)14)7-9-4-5-10(12)6-9;1-2-8-4(7)3(5)6/h4-5,8-10H,3,6-7H2,1-2H3,(H,13,14);2H2,1H3,(H,5,6). The molecule has 1 fully saturated rings. The zero-order valence-corrected chi connectivity index (χ0v) is 13.7. The van der Waals surface area contributed by atoms with Gasteiger partial charge in [-0.15, -0.1) is 0 Å². The van der Waals surface area contributed by atoms with Crippen LogP contribution in [0.15, 0.2) is 12.2 Å². The number of fused-ring (bicyclic) bond motifs is 2. The highest BCUT2D eigenvalue weighted by atomic mass is 16.6. The average Bonchev–Trinajstić information content (AvgIpc) is 3.09. The van der Waals surface area contributed by atoms with Crippen LogP contribution < -0.4 is 0 Å². The van der Waals surface area contributed by atoms with E-state index < -0.39 is 23.3 Å². The molecule has 0 radical (unpaired) electrons. The van der Waals surface area contributed by atoms with E-state index in [1.807, 2.05) is 13.8 Å². The minimum Gasteiger partial charge on any atom is -0.481 e. The lowest BCUT2D eigenvalue weighted by Crippen LogP contribution is -2.45. The number of carbonyl (C=O) groups excluding carboxylic acids is 1. The Kier molecular flexibility index (Phi) is 6.75. The van der Waals surface area contributed by atoms with Crippen LogP contribution in [0.3, 0.4) is 0 Å². The van der Waals surface area contributed by atoms with Crippen molar-refractivity contribution in [2.24, 2.45) is 17.3 Å². The van der Waals surface area contributed by atoms with Crippen LogP contribution in [0.5, 0.6) is 0 Å². The molecule has 0 aliphatic heterocycles. The summed E-state index contributed by atoms with van der Waals surface area (Å²) in [5.74, 6) is -2.82. The summed E-state index contributed by atoms with van der Waals surface area (Å²) in [6, 6.07) is 0. The topological polar surface area (TPSA) is 110 Å². The molecule has 0 amide bonds. The Balaban J connectivity index is 0.000000284. The lowest BCUT2D eigenvalue weighted by molar-refractivity contribution is -0.163. The van der Waals surface area contributed by atoms with Gasteiger partial charge in [0.15, 0.2) is 0 Å². The van der Waals surface area contributed by atoms with Gasteiger partial charge in [-0.25, -0.2) is 9.59 Å². The molecule has 130 valence electrons. The number of hydrogen-bond donors (Lipinski definition) is 2. The maximum atomic E-state index is 11.5. The Labute approximate surface area is 135 Å². The van der Waals surface area contributed by atoms with Crippen molar-refractivity contribution in [2.75, 3.05) is 13.2 Å². The van der Waals surface area contributed by atoms with Crippen LogP contribution in [0.2, 0.25) is 0 Å². The van der Waals surface area contributed by atoms with Crippen molar-refractivity contribution in [1.29, 1.82) is 0 Å². The monoisotopic (exact) mass is 328 g/mol. The molecule has 7 heteroatoms. The zero-order valence-electron chi connectivity index (χ0n) is 13.7. The van der Waals surface area contributed by atoms with Crippen LogP contribution in [-0.4, -0.2) is 47.4 Å². The molecule has 4 unspecified atom stereocenters. The molecule has 0 aromatic rings. The van der Waals surface area contributed by atoms with Crippen molar-refractivity contribution in [3.63, 3.8) is 0 Å². The molecule has 0 aromatic carbocycles. The number of hydrogen-bond acceptors (Lipinski definition) is 5. The number of allylic oxidation sites excluding steroid dienone is 2. The third-order valence-electron chi connectivity index (χ3n) is 4.42. The maximum Gasteiger partial charge on any atom is 0.417 e. The van der Waals surface area contributed by atoms with Crippen molar-refractivity contribution >= 4 is 17.9 Å². The van der Waals surface area contributed by atoms with Gasteiger partial charge in [0.25, 0.3) is 0 Å². The molecule has 1 saturated carbocycles. The third kappa shape index (κ3) is 4.10. The van der Waals surface area contributed by atoms with Crippen LogP contribution >= 0.6 is 0 Å². The Morgan fingerprint density at radius 3 is 2.17 bits per heavy atom. The van der Waals surface area contributed by atoms with Gasteiger partial charge < -0.3 is 19.7 Å². The lowest BCUT2D eigenvalue weighted by Gasteiger charge is -2.36. The second-order valence-corrected chi connectivity index (χ2v) is 5.66. The SMILES string of the molecule is CCOC(=O)C(=O)O.CCOC(C)C1(C(=O)O)CC2C=CC1C2. The molecule has 4 atom stereocenters. The van der Waals surface area contributed by atoms with Crippen LogP contribution in [0, 0.1) is 17.3 Å². The first-order chi connectivity index (χ1) is 10.8. The predicted octanol–water partition coefficient (Wildman–Crippen LogP) is 1.71. The van der Waals surface area contributed by atoms with Gasteiger partial charge in [0.2, 0.25) is 0 Å². The van der Waals surface area contributed by atoms with Gasteiger partial charge in [-0.1, -0.05) is 12.2 Å². The number of ether oxygens (including phenoxy) is 2. The summed E-state index contributed by atoms with van der Waals surface area (Å²) < 4.78 is 9.59. The number of esters is 1. The van der Waals surface area contributed by atoms with E-state index in [1.54, 1.807) is 6.92 Å². The molecule has 2 N–H and O–H groups in total. The Morgan fingerprint density at radius 1 is 1.22 bits per heavy atom. The molecule has 2 bridgehead atoms. The van der Waals surface area contributed by atoms with E-state index in [2.05, 4.69) is 16.9 Å². The van der Waals surface area contributed by atoms with Crippen molar-refractivity contribution < 1.29 is 34.1 Å². The largest absolute Gasteiger partial charge is 0.481 e. The number of carboxylic acid groups (broad SMARTS) is 2. The van der Waals surface area contributed by atoms with Gasteiger partial charge in [-0.05, 0) is 45.4 Å². The fourth-order valence-corrected chi connectivity index (χ4v) is 3.37. The zero-order chi connectivity index (χ0) is 17.6. The summed E-state index contributed by atoms with van der Waals surface area (Å²) in [4.78, 5) is 31.1. The lowest BCUT2D eigenvalue weighted by atomic mass is 9.72. The van der Waals surface area contributed by atoms with E-state index in [9.17, 15) is 19.5 Å². The van der Waals surface area contributed by atoms with E-state index in [0.29, 0.717) is 12.5 Å². The van der Waals surface area contributed by atoms with Crippen LogP contribution in [0.25, 0.3) is 0 Å². The highest BCUT2D eigenvalue weighted by molar-refractivity contribution is 6.28. The summed E-state index contributed by atoms with van der Waals surface area (Å²) >= 11 is 0. The molecule has 0 aromatic heterocycles. The van der Waals surface area contributed by atoms with Gasteiger partial charge in [0, 0.05) is 6.61 Å². The average molecular weight is 328 g/mol. The second-order valence-electron chi connectivity index (χ2n) is 5.66. The fourth-order valence-electron chi connectivity index (χ4n) is 3.37. The molecule has 23 heavy (non-hydrogen) atoms. The Hall–Kier alpha value is -1.89. The first-order valence-corrected chi connectivity index (χ1v) is 7.72. The maximum absolute atomic E-state index is 11.5. The number of carboxylic acids is 2.